The quantitative estimate of drug-likeness (QED) is 0.742. The summed E-state index contributed by atoms with van der Waals surface area (Å²) in [5, 5.41) is 2.98. The van der Waals surface area contributed by atoms with Gasteiger partial charge in [-0.05, 0) is 45.0 Å². The summed E-state index contributed by atoms with van der Waals surface area (Å²) in [4.78, 5) is 14.7. The lowest BCUT2D eigenvalue weighted by Crippen LogP contribution is -2.35. The molecule has 0 aromatic heterocycles. The minimum absolute atomic E-state index is 0.0903. The lowest BCUT2D eigenvalue weighted by molar-refractivity contribution is 0.0950. The van der Waals surface area contributed by atoms with Crippen molar-refractivity contribution in [3.8, 4) is 11.5 Å². The van der Waals surface area contributed by atoms with Crippen molar-refractivity contribution in [1.82, 2.24) is 10.2 Å². The second-order valence-corrected chi connectivity index (χ2v) is 6.48. The largest absolute Gasteiger partial charge is 0.497 e. The lowest BCUT2D eigenvalue weighted by Gasteiger charge is -2.31. The highest BCUT2D eigenvalue weighted by Crippen LogP contribution is 2.23. The zero-order chi connectivity index (χ0) is 17.4. The molecule has 2 rings (SSSR count). The first-order valence-electron chi connectivity index (χ1n) is 8.85. The molecule has 1 amide bonds. The van der Waals surface area contributed by atoms with Crippen LogP contribution in [0.5, 0.6) is 11.5 Å². The molecule has 0 spiro atoms. The Kier molecular flexibility index (Phi) is 7.37. The van der Waals surface area contributed by atoms with Crippen LogP contribution in [-0.2, 0) is 0 Å². The summed E-state index contributed by atoms with van der Waals surface area (Å²) in [5.41, 5.74) is 0.562. The highest BCUT2D eigenvalue weighted by Gasteiger charge is 2.17. The van der Waals surface area contributed by atoms with Crippen LogP contribution in [0.15, 0.2) is 18.2 Å². The Morgan fingerprint density at radius 1 is 1.12 bits per heavy atom. The number of nitrogens with zero attached hydrogens (tertiary/aromatic N) is 1. The van der Waals surface area contributed by atoms with Crippen molar-refractivity contribution < 1.29 is 14.3 Å². The Hall–Kier alpha value is -1.75. The maximum atomic E-state index is 12.3. The van der Waals surface area contributed by atoms with E-state index in [9.17, 15) is 4.79 Å². The molecule has 0 aliphatic heterocycles. The fourth-order valence-corrected chi connectivity index (χ4v) is 3.28. The Labute approximate surface area is 145 Å². The van der Waals surface area contributed by atoms with E-state index in [1.807, 2.05) is 0 Å². The van der Waals surface area contributed by atoms with Gasteiger partial charge in [-0.25, -0.2) is 0 Å². The van der Waals surface area contributed by atoms with Crippen LogP contribution in [0.25, 0.3) is 0 Å². The maximum Gasteiger partial charge on any atom is 0.251 e. The number of hydrogen-bond donors (Lipinski definition) is 1. The van der Waals surface area contributed by atoms with Crippen LogP contribution in [0.2, 0.25) is 0 Å². The van der Waals surface area contributed by atoms with Gasteiger partial charge in [0, 0.05) is 24.2 Å². The lowest BCUT2D eigenvalue weighted by atomic mass is 9.94. The Bertz CT molecular complexity index is 505. The van der Waals surface area contributed by atoms with Gasteiger partial charge in [-0.15, -0.1) is 0 Å². The summed E-state index contributed by atoms with van der Waals surface area (Å²) in [6.45, 7) is 1.70. The molecule has 1 fully saturated rings. The van der Waals surface area contributed by atoms with Crippen molar-refractivity contribution >= 4 is 5.91 Å². The van der Waals surface area contributed by atoms with E-state index in [1.54, 1.807) is 32.4 Å². The molecule has 24 heavy (non-hydrogen) atoms. The van der Waals surface area contributed by atoms with Crippen LogP contribution in [0.4, 0.5) is 0 Å². The molecular weight excluding hydrogens is 304 g/mol. The molecule has 5 heteroatoms. The van der Waals surface area contributed by atoms with E-state index < -0.39 is 0 Å². The average Bonchev–Trinajstić information content (AvgIpc) is 2.64. The predicted octanol–water partition coefficient (Wildman–Crippen LogP) is 3.09. The number of carbonyl (C=O) groups excluding carboxylic acids is 1. The fourth-order valence-electron chi connectivity index (χ4n) is 3.28. The Balaban J connectivity index is 1.76. The van der Waals surface area contributed by atoms with Gasteiger partial charge < -0.3 is 19.7 Å². The Morgan fingerprint density at radius 3 is 2.33 bits per heavy atom. The zero-order valence-corrected chi connectivity index (χ0v) is 15.1. The molecule has 1 aliphatic carbocycles. The summed E-state index contributed by atoms with van der Waals surface area (Å²) in [6.07, 6.45) is 7.66. The number of ether oxygens (including phenoxy) is 2. The van der Waals surface area contributed by atoms with Crippen molar-refractivity contribution in [3.05, 3.63) is 23.8 Å². The summed E-state index contributed by atoms with van der Waals surface area (Å²) >= 11 is 0. The number of rotatable bonds is 8. The number of hydrogen-bond acceptors (Lipinski definition) is 4. The molecule has 0 radical (unpaired) electrons. The van der Waals surface area contributed by atoms with E-state index in [1.165, 1.54) is 32.1 Å². The van der Waals surface area contributed by atoms with Crippen LogP contribution >= 0.6 is 0 Å². The smallest absolute Gasteiger partial charge is 0.251 e. The predicted molar refractivity (Wildman–Crippen MR) is 96.0 cm³/mol. The van der Waals surface area contributed by atoms with Crippen molar-refractivity contribution in [2.45, 2.75) is 44.6 Å². The summed E-state index contributed by atoms with van der Waals surface area (Å²) in [6, 6.07) is 5.94. The van der Waals surface area contributed by atoms with Crippen LogP contribution < -0.4 is 14.8 Å². The summed E-state index contributed by atoms with van der Waals surface area (Å²) < 4.78 is 10.4. The summed E-state index contributed by atoms with van der Waals surface area (Å²) in [7, 11) is 5.36. The molecule has 0 heterocycles. The molecule has 134 valence electrons. The van der Waals surface area contributed by atoms with E-state index in [0.29, 0.717) is 23.6 Å². The van der Waals surface area contributed by atoms with E-state index in [0.717, 1.165) is 19.0 Å². The number of carbonyl (C=O) groups is 1. The third-order valence-corrected chi connectivity index (χ3v) is 4.78. The normalized spacial score (nSPS) is 15.3. The number of benzene rings is 1. The van der Waals surface area contributed by atoms with Gasteiger partial charge in [-0.1, -0.05) is 19.3 Å². The second kappa shape index (κ2) is 9.52. The molecule has 1 N–H and O–H groups in total. The van der Waals surface area contributed by atoms with Crippen molar-refractivity contribution in [2.75, 3.05) is 34.4 Å². The molecule has 0 unspecified atom stereocenters. The topological polar surface area (TPSA) is 50.8 Å². The zero-order valence-electron chi connectivity index (χ0n) is 15.1. The van der Waals surface area contributed by atoms with E-state index >= 15 is 0 Å². The number of methoxy groups -OCH3 is 2. The summed E-state index contributed by atoms with van der Waals surface area (Å²) in [5.74, 6) is 1.15. The first-order chi connectivity index (χ1) is 11.6. The molecule has 0 atom stereocenters. The molecular formula is C19H30N2O3. The molecule has 1 aliphatic rings. The highest BCUT2D eigenvalue weighted by atomic mass is 16.5. The molecule has 1 saturated carbocycles. The van der Waals surface area contributed by atoms with Gasteiger partial charge in [0.2, 0.25) is 0 Å². The third kappa shape index (κ3) is 5.41. The number of amides is 1. The van der Waals surface area contributed by atoms with Crippen molar-refractivity contribution in [1.29, 1.82) is 0 Å². The third-order valence-electron chi connectivity index (χ3n) is 4.78. The Morgan fingerprint density at radius 2 is 1.75 bits per heavy atom. The van der Waals surface area contributed by atoms with Gasteiger partial charge in [0.15, 0.2) is 0 Å². The SMILES string of the molecule is COc1cc(OC)cc(C(=O)NCCCN(C)C2CCCCC2)c1. The van der Waals surface area contributed by atoms with Crippen LogP contribution in [0.1, 0.15) is 48.9 Å². The molecule has 1 aromatic rings. The highest BCUT2D eigenvalue weighted by molar-refractivity contribution is 5.95. The minimum atomic E-state index is -0.0903. The average molecular weight is 334 g/mol. The second-order valence-electron chi connectivity index (χ2n) is 6.48. The molecule has 0 saturated heterocycles. The van der Waals surface area contributed by atoms with Crippen molar-refractivity contribution in [2.24, 2.45) is 0 Å². The van der Waals surface area contributed by atoms with Gasteiger partial charge in [-0.3, -0.25) is 4.79 Å². The van der Waals surface area contributed by atoms with E-state index in [2.05, 4.69) is 17.3 Å². The molecule has 0 bridgehead atoms. The van der Waals surface area contributed by atoms with Crippen molar-refractivity contribution in [3.63, 3.8) is 0 Å². The first-order valence-corrected chi connectivity index (χ1v) is 8.85. The first kappa shape index (κ1) is 18.6. The van der Waals surface area contributed by atoms with Crippen LogP contribution in [0, 0.1) is 0 Å². The van der Waals surface area contributed by atoms with Crippen LogP contribution in [0.3, 0.4) is 0 Å². The van der Waals surface area contributed by atoms with Gasteiger partial charge in [0.05, 0.1) is 14.2 Å². The van der Waals surface area contributed by atoms with E-state index in [-0.39, 0.29) is 5.91 Å². The fraction of sp³-hybridized carbons (Fsp3) is 0.632. The molecule has 1 aromatic carbocycles. The number of nitrogens with one attached hydrogen (secondary N) is 1. The maximum absolute atomic E-state index is 12.3. The molecule has 5 nitrogen and oxygen atoms in total. The van der Waals surface area contributed by atoms with Gasteiger partial charge >= 0.3 is 0 Å². The van der Waals surface area contributed by atoms with Crippen LogP contribution in [-0.4, -0.2) is 51.2 Å². The van der Waals surface area contributed by atoms with E-state index in [4.69, 9.17) is 9.47 Å². The minimum Gasteiger partial charge on any atom is -0.497 e. The van der Waals surface area contributed by atoms with Gasteiger partial charge in [0.1, 0.15) is 11.5 Å². The standard InChI is InChI=1S/C19H30N2O3/c1-21(16-8-5-4-6-9-16)11-7-10-20-19(22)15-12-17(23-2)14-18(13-15)24-3/h12-14,16H,4-11H2,1-3H3,(H,20,22). The van der Waals surface area contributed by atoms with Gasteiger partial charge in [-0.2, -0.15) is 0 Å². The monoisotopic (exact) mass is 334 g/mol. The van der Waals surface area contributed by atoms with Gasteiger partial charge in [0.25, 0.3) is 5.91 Å².